The van der Waals surface area contributed by atoms with Gasteiger partial charge in [0.15, 0.2) is 11.5 Å². The number of methoxy groups -OCH3 is 1. The van der Waals surface area contributed by atoms with Crippen molar-refractivity contribution >= 4 is 33.0 Å². The molecule has 3 heterocycles. The highest BCUT2D eigenvalue weighted by molar-refractivity contribution is 7.91. The number of sulfonamides is 1. The Balaban J connectivity index is 1.46. The molecule has 0 atom stereocenters. The third-order valence-electron chi connectivity index (χ3n) is 5.08. The number of carbonyl (C=O) groups excluding carboxylic acids is 1. The number of hydrogen-bond donors (Lipinski definition) is 0. The number of para-hydroxylation sites is 2. The molecule has 0 spiro atoms. The van der Waals surface area contributed by atoms with Crippen molar-refractivity contribution in [2.75, 3.05) is 44.8 Å². The number of rotatable bonds is 7. The number of carbonyl (C=O) groups is 1. The molecule has 0 bridgehead atoms. The van der Waals surface area contributed by atoms with Gasteiger partial charge in [-0.3, -0.25) is 0 Å². The maximum atomic E-state index is 13.2. The second kappa shape index (κ2) is 9.31. The Hall–Kier alpha value is -2.89. The van der Waals surface area contributed by atoms with Crippen LogP contribution in [0.25, 0.3) is 10.6 Å². The summed E-state index contributed by atoms with van der Waals surface area (Å²) < 4.78 is 43.6. The highest BCUT2D eigenvalue weighted by atomic mass is 32.2. The molecule has 1 aliphatic rings. The average Bonchev–Trinajstić information content (AvgIpc) is 3.49. The Morgan fingerprint density at radius 2 is 1.91 bits per heavy atom. The molecule has 0 saturated carbocycles. The zero-order valence-corrected chi connectivity index (χ0v) is 19.3. The molecule has 9 nitrogen and oxygen atoms in total. The number of hydrogen-bond acceptors (Lipinski definition) is 9. The van der Waals surface area contributed by atoms with Crippen LogP contribution in [0, 0.1) is 0 Å². The van der Waals surface area contributed by atoms with Gasteiger partial charge < -0.3 is 18.9 Å². The molecule has 0 unspecified atom stereocenters. The molecule has 1 saturated heterocycles. The van der Waals surface area contributed by atoms with Crippen LogP contribution >= 0.6 is 11.3 Å². The molecule has 3 aromatic rings. The Morgan fingerprint density at radius 3 is 2.62 bits per heavy atom. The van der Waals surface area contributed by atoms with E-state index in [-0.39, 0.29) is 16.5 Å². The molecule has 1 fully saturated rings. The minimum Gasteiger partial charge on any atom is -0.495 e. The van der Waals surface area contributed by atoms with Crippen molar-refractivity contribution < 1.29 is 27.2 Å². The van der Waals surface area contributed by atoms with Crippen LogP contribution in [0.4, 0.5) is 5.69 Å². The molecule has 0 radical (unpaired) electrons. The van der Waals surface area contributed by atoms with E-state index in [1.807, 2.05) is 24.3 Å². The number of benzene rings is 1. The van der Waals surface area contributed by atoms with Crippen molar-refractivity contribution in [3.8, 4) is 16.4 Å². The second-order valence-corrected chi connectivity index (χ2v) is 10.2. The van der Waals surface area contributed by atoms with Gasteiger partial charge in [0.25, 0.3) is 10.0 Å². The highest BCUT2D eigenvalue weighted by Gasteiger charge is 2.31. The number of thiophene rings is 1. The van der Waals surface area contributed by atoms with Gasteiger partial charge in [-0.2, -0.15) is 4.31 Å². The number of piperazine rings is 1. The van der Waals surface area contributed by atoms with E-state index in [1.54, 1.807) is 26.2 Å². The summed E-state index contributed by atoms with van der Waals surface area (Å²) in [5.41, 5.74) is 1.00. The first-order valence-corrected chi connectivity index (χ1v) is 12.3. The standard InChI is InChI=1S/C21H23N3O6S2/c1-3-29-21(25)15-14-18(30-22-15)19-8-9-20(31-19)32(26,27)24-12-10-23(11-13-24)16-6-4-5-7-17(16)28-2/h4-9,14H,3,10-13H2,1-2H3. The quantitative estimate of drug-likeness (QED) is 0.479. The van der Waals surface area contributed by atoms with Crippen molar-refractivity contribution in [3.05, 3.63) is 48.2 Å². The van der Waals surface area contributed by atoms with Crippen LogP contribution in [0.1, 0.15) is 17.4 Å². The van der Waals surface area contributed by atoms with E-state index in [4.69, 9.17) is 14.0 Å². The molecule has 170 valence electrons. The second-order valence-electron chi connectivity index (χ2n) is 6.98. The average molecular weight is 478 g/mol. The van der Waals surface area contributed by atoms with E-state index < -0.39 is 16.0 Å². The fourth-order valence-electron chi connectivity index (χ4n) is 3.47. The summed E-state index contributed by atoms with van der Waals surface area (Å²) in [6, 6.07) is 12.4. The van der Waals surface area contributed by atoms with Crippen LogP contribution in [-0.4, -0.2) is 63.7 Å². The van der Waals surface area contributed by atoms with Gasteiger partial charge in [0.05, 0.1) is 24.3 Å². The van der Waals surface area contributed by atoms with Crippen LogP contribution in [0.3, 0.4) is 0 Å². The summed E-state index contributed by atoms with van der Waals surface area (Å²) in [7, 11) is -2.03. The van der Waals surface area contributed by atoms with E-state index in [0.29, 0.717) is 36.8 Å². The lowest BCUT2D eigenvalue weighted by molar-refractivity contribution is 0.0514. The summed E-state index contributed by atoms with van der Waals surface area (Å²) in [4.78, 5) is 14.5. The molecule has 0 aliphatic carbocycles. The normalized spacial score (nSPS) is 15.0. The predicted molar refractivity (Wildman–Crippen MR) is 120 cm³/mol. The Kier molecular flexibility index (Phi) is 6.49. The first-order chi connectivity index (χ1) is 15.4. The lowest BCUT2D eigenvalue weighted by Gasteiger charge is -2.35. The molecule has 0 amide bonds. The predicted octanol–water partition coefficient (Wildman–Crippen LogP) is 3.10. The number of esters is 1. The SMILES string of the molecule is CCOC(=O)c1cc(-c2ccc(S(=O)(=O)N3CCN(c4ccccc4OC)CC3)s2)on1. The van der Waals surface area contributed by atoms with Crippen molar-refractivity contribution in [1.82, 2.24) is 9.46 Å². The first-order valence-electron chi connectivity index (χ1n) is 10.1. The van der Waals surface area contributed by atoms with E-state index in [9.17, 15) is 13.2 Å². The molecular formula is C21H23N3O6S2. The molecule has 4 rings (SSSR count). The molecule has 1 aliphatic heterocycles. The smallest absolute Gasteiger partial charge is 0.360 e. The minimum absolute atomic E-state index is 0.0483. The van der Waals surface area contributed by atoms with Gasteiger partial charge in [0.2, 0.25) is 0 Å². The number of anilines is 1. The van der Waals surface area contributed by atoms with Gasteiger partial charge >= 0.3 is 5.97 Å². The van der Waals surface area contributed by atoms with Crippen molar-refractivity contribution in [2.45, 2.75) is 11.1 Å². The van der Waals surface area contributed by atoms with Gasteiger partial charge in [-0.15, -0.1) is 11.3 Å². The van der Waals surface area contributed by atoms with Crippen molar-refractivity contribution in [3.63, 3.8) is 0 Å². The van der Waals surface area contributed by atoms with E-state index in [2.05, 4.69) is 10.1 Å². The summed E-state index contributed by atoms with van der Waals surface area (Å²) in [5, 5.41) is 3.71. The van der Waals surface area contributed by atoms with Gasteiger partial charge in [0, 0.05) is 32.2 Å². The molecule has 2 aromatic heterocycles. The number of nitrogens with zero attached hydrogens (tertiary/aromatic N) is 3. The number of aromatic nitrogens is 1. The van der Waals surface area contributed by atoms with E-state index in [0.717, 1.165) is 22.8 Å². The van der Waals surface area contributed by atoms with Crippen LogP contribution in [0.15, 0.2) is 51.2 Å². The van der Waals surface area contributed by atoms with E-state index in [1.165, 1.54) is 10.4 Å². The van der Waals surface area contributed by atoms with Gasteiger partial charge in [0.1, 0.15) is 9.96 Å². The third kappa shape index (κ3) is 4.36. The fraction of sp³-hybridized carbons (Fsp3) is 0.333. The summed E-state index contributed by atoms with van der Waals surface area (Å²) in [6.07, 6.45) is 0. The highest BCUT2D eigenvalue weighted by Crippen LogP contribution is 2.34. The summed E-state index contributed by atoms with van der Waals surface area (Å²) >= 11 is 1.08. The molecular weight excluding hydrogens is 454 g/mol. The largest absolute Gasteiger partial charge is 0.495 e. The fourth-order valence-corrected chi connectivity index (χ4v) is 6.30. The van der Waals surface area contributed by atoms with Gasteiger partial charge in [-0.25, -0.2) is 13.2 Å². The van der Waals surface area contributed by atoms with E-state index >= 15 is 0 Å². The van der Waals surface area contributed by atoms with Gasteiger partial charge in [-0.1, -0.05) is 17.3 Å². The lowest BCUT2D eigenvalue weighted by Crippen LogP contribution is -2.48. The molecule has 1 aromatic carbocycles. The monoisotopic (exact) mass is 477 g/mol. The zero-order valence-electron chi connectivity index (χ0n) is 17.7. The van der Waals surface area contributed by atoms with Crippen LogP contribution in [0.2, 0.25) is 0 Å². The molecule has 32 heavy (non-hydrogen) atoms. The maximum absolute atomic E-state index is 13.2. The Morgan fingerprint density at radius 1 is 1.16 bits per heavy atom. The van der Waals surface area contributed by atoms with Crippen molar-refractivity contribution in [1.29, 1.82) is 0 Å². The van der Waals surface area contributed by atoms with Crippen molar-refractivity contribution in [2.24, 2.45) is 0 Å². The summed E-state index contributed by atoms with van der Waals surface area (Å²) in [5.74, 6) is 0.501. The molecule has 11 heteroatoms. The van der Waals surface area contributed by atoms with Gasteiger partial charge in [-0.05, 0) is 31.2 Å². The molecule has 0 N–H and O–H groups in total. The Bertz CT molecular complexity index is 1200. The Labute approximate surface area is 190 Å². The topological polar surface area (TPSA) is 102 Å². The maximum Gasteiger partial charge on any atom is 0.360 e. The minimum atomic E-state index is -3.65. The lowest BCUT2D eigenvalue weighted by atomic mass is 10.2. The first kappa shape index (κ1) is 22.3. The summed E-state index contributed by atoms with van der Waals surface area (Å²) in [6.45, 7) is 3.77. The van der Waals surface area contributed by atoms with Crippen LogP contribution < -0.4 is 9.64 Å². The third-order valence-corrected chi connectivity index (χ3v) is 8.54. The van der Waals surface area contributed by atoms with Crippen LogP contribution in [0.5, 0.6) is 5.75 Å². The van der Waals surface area contributed by atoms with Crippen LogP contribution in [-0.2, 0) is 14.8 Å². The zero-order chi connectivity index (χ0) is 22.7. The number of ether oxygens (including phenoxy) is 2.